The van der Waals surface area contributed by atoms with Gasteiger partial charge in [0, 0.05) is 17.1 Å². The molecule has 9 aromatic rings. The minimum atomic E-state index is 1.10. The van der Waals surface area contributed by atoms with Gasteiger partial charge in [-0.25, -0.2) is 0 Å². The van der Waals surface area contributed by atoms with Gasteiger partial charge >= 0.3 is 0 Å². The van der Waals surface area contributed by atoms with Gasteiger partial charge in [-0.3, -0.25) is 0 Å². The molecule has 0 unspecified atom stereocenters. The van der Waals surface area contributed by atoms with Crippen LogP contribution in [0.3, 0.4) is 0 Å². The number of hydrogen-bond acceptors (Lipinski definition) is 1. The SMILES string of the molecule is c1ccc(-c2ccc(N(c3ccc(-c4ccccc4)cc3)c3ccc(-c4cc(-c5ccccc5)ccc4-c4ccc5ccccc5c4)cc3)cc2)cc1. The zero-order valence-corrected chi connectivity index (χ0v) is 29.3. The highest BCUT2D eigenvalue weighted by Crippen LogP contribution is 2.40. The minimum absolute atomic E-state index is 1.10. The molecule has 0 aromatic heterocycles. The fraction of sp³-hybridized carbons (Fsp3) is 0. The second-order valence-electron chi connectivity index (χ2n) is 13.4. The molecule has 0 aliphatic heterocycles. The molecule has 0 spiro atoms. The van der Waals surface area contributed by atoms with E-state index in [1.807, 2.05) is 0 Å². The first-order valence-electron chi connectivity index (χ1n) is 18.2. The van der Waals surface area contributed by atoms with Crippen molar-refractivity contribution in [2.24, 2.45) is 0 Å². The summed E-state index contributed by atoms with van der Waals surface area (Å²) in [5.74, 6) is 0. The summed E-state index contributed by atoms with van der Waals surface area (Å²) < 4.78 is 0. The normalized spacial score (nSPS) is 11.0. The van der Waals surface area contributed by atoms with Gasteiger partial charge in [-0.1, -0.05) is 176 Å². The first-order chi connectivity index (χ1) is 26.3. The van der Waals surface area contributed by atoms with Crippen LogP contribution in [0.4, 0.5) is 17.1 Å². The first-order valence-corrected chi connectivity index (χ1v) is 18.2. The third-order valence-corrected chi connectivity index (χ3v) is 10.1. The van der Waals surface area contributed by atoms with Gasteiger partial charge in [0.25, 0.3) is 0 Å². The highest BCUT2D eigenvalue weighted by molar-refractivity contribution is 5.93. The molecule has 0 radical (unpaired) electrons. The second-order valence-corrected chi connectivity index (χ2v) is 13.4. The summed E-state index contributed by atoms with van der Waals surface area (Å²) in [6.45, 7) is 0. The molecule has 0 aliphatic rings. The molecule has 9 rings (SSSR count). The topological polar surface area (TPSA) is 3.24 Å². The monoisotopic (exact) mass is 675 g/mol. The molecule has 0 heterocycles. The largest absolute Gasteiger partial charge is 0.311 e. The van der Waals surface area contributed by atoms with Crippen LogP contribution >= 0.6 is 0 Å². The summed E-state index contributed by atoms with van der Waals surface area (Å²) >= 11 is 0. The van der Waals surface area contributed by atoms with Gasteiger partial charge in [0.2, 0.25) is 0 Å². The quantitative estimate of drug-likeness (QED) is 0.155. The van der Waals surface area contributed by atoms with Gasteiger partial charge in [-0.15, -0.1) is 0 Å². The lowest BCUT2D eigenvalue weighted by Crippen LogP contribution is -2.09. The molecule has 9 aromatic carbocycles. The molecule has 0 saturated carbocycles. The Hall–Kier alpha value is -6.96. The Kier molecular flexibility index (Phi) is 8.66. The lowest BCUT2D eigenvalue weighted by Gasteiger charge is -2.26. The smallest absolute Gasteiger partial charge is 0.0462 e. The van der Waals surface area contributed by atoms with Gasteiger partial charge in [0.05, 0.1) is 0 Å². The van der Waals surface area contributed by atoms with Crippen LogP contribution in [-0.4, -0.2) is 0 Å². The highest BCUT2D eigenvalue weighted by atomic mass is 15.1. The van der Waals surface area contributed by atoms with Gasteiger partial charge in [-0.05, 0) is 115 Å². The van der Waals surface area contributed by atoms with Gasteiger partial charge in [0.1, 0.15) is 0 Å². The zero-order chi connectivity index (χ0) is 35.4. The van der Waals surface area contributed by atoms with Crippen molar-refractivity contribution in [2.45, 2.75) is 0 Å². The molecule has 1 heteroatoms. The van der Waals surface area contributed by atoms with E-state index < -0.39 is 0 Å². The lowest BCUT2D eigenvalue weighted by molar-refractivity contribution is 1.28. The molecule has 0 saturated heterocycles. The summed E-state index contributed by atoms with van der Waals surface area (Å²) in [5, 5.41) is 2.49. The summed E-state index contributed by atoms with van der Waals surface area (Å²) in [6, 6.07) is 80.8. The molecule has 0 N–H and O–H groups in total. The molecule has 53 heavy (non-hydrogen) atoms. The number of hydrogen-bond donors (Lipinski definition) is 0. The van der Waals surface area contributed by atoms with Crippen molar-refractivity contribution in [3.63, 3.8) is 0 Å². The van der Waals surface area contributed by atoms with Crippen LogP contribution in [0.15, 0.2) is 224 Å². The number of fused-ring (bicyclic) bond motifs is 1. The zero-order valence-electron chi connectivity index (χ0n) is 29.3. The first kappa shape index (κ1) is 32.0. The maximum atomic E-state index is 2.35. The van der Waals surface area contributed by atoms with Gasteiger partial charge in [-0.2, -0.15) is 0 Å². The standard InChI is InChI=1S/C52H37N/c1-4-12-38(13-5-1)42-22-29-48(30-23-42)53(49-31-24-43(25-32-49)39-14-6-2-7-15-39)50-33-26-44(27-34-50)52-37-46(40-16-8-3-9-17-40)28-35-51(52)47-21-20-41-18-10-11-19-45(41)36-47/h1-37H. The molecule has 0 fully saturated rings. The van der Waals surface area contributed by atoms with E-state index in [1.54, 1.807) is 0 Å². The molecule has 0 atom stereocenters. The maximum absolute atomic E-state index is 2.35. The maximum Gasteiger partial charge on any atom is 0.0462 e. The van der Waals surface area contributed by atoms with E-state index in [0.29, 0.717) is 0 Å². The summed E-state index contributed by atoms with van der Waals surface area (Å²) in [4.78, 5) is 2.35. The third-order valence-electron chi connectivity index (χ3n) is 10.1. The van der Waals surface area contributed by atoms with Crippen molar-refractivity contribution < 1.29 is 0 Å². The Morgan fingerprint density at radius 2 is 0.585 bits per heavy atom. The van der Waals surface area contributed by atoms with Crippen LogP contribution in [0, 0.1) is 0 Å². The number of anilines is 3. The minimum Gasteiger partial charge on any atom is -0.311 e. The van der Waals surface area contributed by atoms with Crippen molar-refractivity contribution in [1.82, 2.24) is 0 Å². The highest BCUT2D eigenvalue weighted by Gasteiger charge is 2.16. The van der Waals surface area contributed by atoms with E-state index in [9.17, 15) is 0 Å². The van der Waals surface area contributed by atoms with E-state index in [0.717, 1.165) is 17.1 Å². The Labute approximate surface area is 311 Å². The fourth-order valence-corrected chi connectivity index (χ4v) is 7.31. The molecule has 250 valence electrons. The van der Waals surface area contributed by atoms with E-state index in [1.165, 1.54) is 66.4 Å². The molecular weight excluding hydrogens is 639 g/mol. The Balaban J connectivity index is 1.13. The summed E-state index contributed by atoms with van der Waals surface area (Å²) in [6.07, 6.45) is 0. The number of rotatable bonds is 8. The van der Waals surface area contributed by atoms with Gasteiger partial charge in [0.15, 0.2) is 0 Å². The van der Waals surface area contributed by atoms with Crippen LogP contribution < -0.4 is 4.90 Å². The summed E-state index contributed by atoms with van der Waals surface area (Å²) in [5.41, 5.74) is 15.3. The van der Waals surface area contributed by atoms with Gasteiger partial charge < -0.3 is 4.90 Å². The van der Waals surface area contributed by atoms with E-state index in [-0.39, 0.29) is 0 Å². The Morgan fingerprint density at radius 1 is 0.208 bits per heavy atom. The van der Waals surface area contributed by atoms with Crippen LogP contribution in [0.25, 0.3) is 66.4 Å². The molecule has 0 bridgehead atoms. The second kappa shape index (κ2) is 14.3. The number of benzene rings is 9. The van der Waals surface area contributed by atoms with E-state index >= 15 is 0 Å². The van der Waals surface area contributed by atoms with Crippen molar-refractivity contribution in [3.8, 4) is 55.6 Å². The molecule has 0 aliphatic carbocycles. The Bertz CT molecular complexity index is 2530. The van der Waals surface area contributed by atoms with Crippen LogP contribution in [0.2, 0.25) is 0 Å². The van der Waals surface area contributed by atoms with E-state index in [2.05, 4.69) is 229 Å². The molecule has 0 amide bonds. The van der Waals surface area contributed by atoms with Crippen molar-refractivity contribution in [2.75, 3.05) is 4.90 Å². The average Bonchev–Trinajstić information content (AvgIpc) is 3.25. The Morgan fingerprint density at radius 3 is 1.09 bits per heavy atom. The third kappa shape index (κ3) is 6.65. The lowest BCUT2D eigenvalue weighted by atomic mass is 9.90. The van der Waals surface area contributed by atoms with Crippen molar-refractivity contribution in [3.05, 3.63) is 224 Å². The molecule has 1 nitrogen and oxygen atoms in total. The predicted molar refractivity (Wildman–Crippen MR) is 226 cm³/mol. The van der Waals surface area contributed by atoms with Crippen molar-refractivity contribution in [1.29, 1.82) is 0 Å². The van der Waals surface area contributed by atoms with E-state index in [4.69, 9.17) is 0 Å². The fourth-order valence-electron chi connectivity index (χ4n) is 7.31. The number of nitrogens with zero attached hydrogens (tertiary/aromatic N) is 1. The average molecular weight is 676 g/mol. The molecular formula is C52H37N. The summed E-state index contributed by atoms with van der Waals surface area (Å²) in [7, 11) is 0. The predicted octanol–water partition coefficient (Wildman–Crippen LogP) is 14.6. The van der Waals surface area contributed by atoms with Crippen molar-refractivity contribution >= 4 is 27.8 Å². The van der Waals surface area contributed by atoms with Crippen LogP contribution in [0.5, 0.6) is 0 Å². The van der Waals surface area contributed by atoms with Crippen LogP contribution in [0.1, 0.15) is 0 Å². The van der Waals surface area contributed by atoms with Crippen LogP contribution in [-0.2, 0) is 0 Å².